The molecule has 6 rings (SSSR count). The predicted octanol–water partition coefficient (Wildman–Crippen LogP) is 4.67. The van der Waals surface area contributed by atoms with Crippen LogP contribution in [0.4, 0.5) is 0 Å². The van der Waals surface area contributed by atoms with Crippen molar-refractivity contribution in [1.29, 1.82) is 0 Å². The standard InChI is InChI=1S/C42H42N2O2P2/c45-41(33-47(35-19-7-1-8-20-35,36-21-9-2-10-22-36)37-23-11-3-12-24-37)43-31-32-44-42(46)34-48(38-25-13-4-14-26-38,39-27-15-5-16-28-39)40-29-17-6-18-30-40/h1-30,47-48H,31-34H2,(H,43,45)(H,44,46). The molecule has 242 valence electrons. The maximum atomic E-state index is 13.8. The zero-order valence-corrected chi connectivity index (χ0v) is 29.0. The fraction of sp³-hybridized carbons (Fsp3) is 0.0952. The molecule has 2 N–H and O–H groups in total. The number of carbonyl (C=O) groups excluding carboxylic acids is 2. The fourth-order valence-corrected chi connectivity index (χ4v) is 16.0. The van der Waals surface area contributed by atoms with Crippen LogP contribution in [0.5, 0.6) is 0 Å². The minimum atomic E-state index is -2.71. The van der Waals surface area contributed by atoms with Crippen LogP contribution in [0.25, 0.3) is 0 Å². The second-order valence-corrected chi connectivity index (χ2v) is 19.9. The van der Waals surface area contributed by atoms with Crippen molar-refractivity contribution in [2.24, 2.45) is 0 Å². The Labute approximate surface area is 284 Å². The molecule has 0 aromatic heterocycles. The van der Waals surface area contributed by atoms with E-state index in [1.807, 2.05) is 36.4 Å². The van der Waals surface area contributed by atoms with E-state index in [1.54, 1.807) is 0 Å². The number of hydrogen-bond acceptors (Lipinski definition) is 2. The van der Waals surface area contributed by atoms with Crippen LogP contribution in [0.3, 0.4) is 0 Å². The summed E-state index contributed by atoms with van der Waals surface area (Å²) in [5.74, 6) is -0.0388. The third-order valence-electron chi connectivity index (χ3n) is 9.22. The molecule has 0 saturated carbocycles. The van der Waals surface area contributed by atoms with Gasteiger partial charge in [-0.1, -0.05) is 0 Å². The molecule has 2 amide bonds. The van der Waals surface area contributed by atoms with E-state index in [0.29, 0.717) is 25.4 Å². The summed E-state index contributed by atoms with van der Waals surface area (Å²) in [5, 5.41) is 13.4. The molecule has 48 heavy (non-hydrogen) atoms. The summed E-state index contributed by atoms with van der Waals surface area (Å²) in [5.41, 5.74) is 0. The minimum absolute atomic E-state index is 0.0194. The average molecular weight is 669 g/mol. The fourth-order valence-electron chi connectivity index (χ4n) is 6.96. The van der Waals surface area contributed by atoms with E-state index >= 15 is 0 Å². The van der Waals surface area contributed by atoms with Gasteiger partial charge in [0, 0.05) is 0 Å². The monoisotopic (exact) mass is 668 g/mol. The molecule has 6 aromatic carbocycles. The van der Waals surface area contributed by atoms with Crippen LogP contribution in [0, 0.1) is 0 Å². The van der Waals surface area contributed by atoms with Gasteiger partial charge in [-0.25, -0.2) is 0 Å². The molecule has 4 nitrogen and oxygen atoms in total. The van der Waals surface area contributed by atoms with Gasteiger partial charge in [0.1, 0.15) is 0 Å². The summed E-state index contributed by atoms with van der Waals surface area (Å²) >= 11 is 0. The van der Waals surface area contributed by atoms with Gasteiger partial charge in [-0.2, -0.15) is 0 Å². The first-order valence-corrected chi connectivity index (χ1v) is 20.9. The summed E-state index contributed by atoms with van der Waals surface area (Å²) in [4.78, 5) is 27.6. The van der Waals surface area contributed by atoms with E-state index in [1.165, 1.54) is 31.8 Å². The Balaban J connectivity index is 1.20. The van der Waals surface area contributed by atoms with Gasteiger partial charge in [0.05, 0.1) is 0 Å². The van der Waals surface area contributed by atoms with Gasteiger partial charge >= 0.3 is 286 Å². The van der Waals surface area contributed by atoms with Crippen molar-refractivity contribution in [3.63, 3.8) is 0 Å². The molecule has 0 heterocycles. The first kappa shape index (κ1) is 33.0. The molecule has 0 aliphatic rings. The summed E-state index contributed by atoms with van der Waals surface area (Å²) in [6.45, 7) is 0.702. The molecular weight excluding hydrogens is 626 g/mol. The van der Waals surface area contributed by atoms with Crippen LogP contribution in [-0.4, -0.2) is 37.2 Å². The van der Waals surface area contributed by atoms with Crippen molar-refractivity contribution >= 4 is 58.2 Å². The molecule has 0 aliphatic heterocycles. The van der Waals surface area contributed by atoms with Gasteiger partial charge in [-0.3, -0.25) is 0 Å². The van der Waals surface area contributed by atoms with Crippen LogP contribution < -0.4 is 42.5 Å². The third kappa shape index (κ3) is 7.16. The van der Waals surface area contributed by atoms with Crippen LogP contribution in [-0.2, 0) is 9.59 Å². The summed E-state index contributed by atoms with van der Waals surface area (Å²) in [7, 11) is -5.41. The number of benzene rings is 6. The van der Waals surface area contributed by atoms with Gasteiger partial charge in [0.2, 0.25) is 0 Å². The normalized spacial score (nSPS) is 12.1. The van der Waals surface area contributed by atoms with E-state index < -0.39 is 14.5 Å². The number of hydrogen-bond donors (Lipinski definition) is 2. The van der Waals surface area contributed by atoms with Crippen molar-refractivity contribution in [3.05, 3.63) is 182 Å². The van der Waals surface area contributed by atoms with Crippen LogP contribution >= 0.6 is 14.5 Å². The molecule has 6 heteroatoms. The second-order valence-electron chi connectivity index (χ2n) is 12.1. The third-order valence-corrected chi connectivity index (χ3v) is 18.8. The first-order chi connectivity index (χ1) is 23.6. The Bertz CT molecular complexity index is 1560. The van der Waals surface area contributed by atoms with Gasteiger partial charge < -0.3 is 0 Å². The number of amides is 2. The van der Waals surface area contributed by atoms with E-state index in [4.69, 9.17) is 0 Å². The SMILES string of the molecule is O=C(C[PH](c1ccccc1)(c1ccccc1)c1ccccc1)NCCNC(=O)C[PH](c1ccccc1)(c1ccccc1)c1ccccc1. The van der Waals surface area contributed by atoms with Crippen molar-refractivity contribution in [1.82, 2.24) is 10.6 Å². The molecule has 0 aliphatic carbocycles. The van der Waals surface area contributed by atoms with Crippen molar-refractivity contribution in [2.75, 3.05) is 25.4 Å². The predicted molar refractivity (Wildman–Crippen MR) is 209 cm³/mol. The van der Waals surface area contributed by atoms with Crippen LogP contribution in [0.15, 0.2) is 182 Å². The number of rotatable bonds is 13. The number of nitrogens with one attached hydrogen (secondary N) is 2. The van der Waals surface area contributed by atoms with Crippen molar-refractivity contribution in [3.8, 4) is 0 Å². The molecule has 0 atom stereocenters. The zero-order valence-electron chi connectivity index (χ0n) is 27.0. The summed E-state index contributed by atoms with van der Waals surface area (Å²) in [6.07, 6.45) is 0.732. The van der Waals surface area contributed by atoms with Crippen LogP contribution in [0.2, 0.25) is 0 Å². The summed E-state index contributed by atoms with van der Waals surface area (Å²) in [6, 6.07) is 62.6. The molecule has 0 saturated heterocycles. The molecule has 6 aromatic rings. The topological polar surface area (TPSA) is 58.2 Å². The van der Waals surface area contributed by atoms with E-state index in [0.717, 1.165) is 0 Å². The van der Waals surface area contributed by atoms with Gasteiger partial charge in [0.25, 0.3) is 0 Å². The second kappa shape index (κ2) is 15.8. The molecule has 0 spiro atoms. The summed E-state index contributed by atoms with van der Waals surface area (Å²) < 4.78 is 0. The van der Waals surface area contributed by atoms with E-state index in [9.17, 15) is 9.59 Å². The van der Waals surface area contributed by atoms with Gasteiger partial charge in [0.15, 0.2) is 0 Å². The average Bonchev–Trinajstić information content (AvgIpc) is 3.17. The molecule has 0 radical (unpaired) electrons. The van der Waals surface area contributed by atoms with Crippen molar-refractivity contribution in [2.45, 2.75) is 0 Å². The maximum absolute atomic E-state index is 13.8. The molecule has 0 bridgehead atoms. The van der Waals surface area contributed by atoms with E-state index in [-0.39, 0.29) is 11.8 Å². The Morgan fingerprint density at radius 3 is 0.708 bits per heavy atom. The Kier molecular flexibility index (Phi) is 10.9. The molecule has 0 fully saturated rings. The quantitative estimate of drug-likeness (QED) is 0.139. The molecular formula is C42H42N2O2P2. The Hall–Kier alpha value is -4.88. The van der Waals surface area contributed by atoms with Crippen molar-refractivity contribution < 1.29 is 9.59 Å². The Morgan fingerprint density at radius 1 is 0.333 bits per heavy atom. The zero-order chi connectivity index (χ0) is 33.1. The van der Waals surface area contributed by atoms with E-state index in [2.05, 4.69) is 156 Å². The van der Waals surface area contributed by atoms with Crippen LogP contribution in [0.1, 0.15) is 0 Å². The molecule has 0 unspecified atom stereocenters. The van der Waals surface area contributed by atoms with Gasteiger partial charge in [-0.15, -0.1) is 0 Å². The number of carbonyl (C=O) groups is 2. The van der Waals surface area contributed by atoms with Gasteiger partial charge in [-0.05, 0) is 0 Å². The first-order valence-electron chi connectivity index (χ1n) is 16.5. The Morgan fingerprint density at radius 2 is 0.521 bits per heavy atom.